The number of amides is 1. The molecule has 32 heavy (non-hydrogen) atoms. The smallest absolute Gasteiger partial charge is 0.264 e. The molecular formula is C25H30N4O2S. The number of benzene rings is 1. The Bertz CT molecular complexity index is 1130. The first-order valence-corrected chi connectivity index (χ1v) is 12.3. The Labute approximate surface area is 193 Å². The monoisotopic (exact) mass is 450 g/mol. The molecule has 0 spiro atoms. The summed E-state index contributed by atoms with van der Waals surface area (Å²) in [5, 5.41) is 1.07. The van der Waals surface area contributed by atoms with Gasteiger partial charge in [-0.1, -0.05) is 12.1 Å². The number of rotatable bonds is 6. The lowest BCUT2D eigenvalue weighted by molar-refractivity contribution is 0.0643. The number of fused-ring (bicyclic) bond motifs is 1. The quantitative estimate of drug-likeness (QED) is 0.564. The largest absolute Gasteiger partial charge is 0.497 e. The third kappa shape index (κ3) is 4.24. The number of methoxy groups -OCH3 is 1. The molecule has 2 aromatic heterocycles. The second-order valence-corrected chi connectivity index (χ2v) is 9.91. The first kappa shape index (κ1) is 21.3. The molecule has 1 aliphatic heterocycles. The number of ether oxygens (including phenoxy) is 1. The Morgan fingerprint density at radius 1 is 1.09 bits per heavy atom. The molecule has 2 aliphatic rings. The van der Waals surface area contributed by atoms with Crippen LogP contribution in [0.2, 0.25) is 0 Å². The minimum Gasteiger partial charge on any atom is -0.497 e. The molecule has 3 aromatic rings. The molecule has 7 heteroatoms. The summed E-state index contributed by atoms with van der Waals surface area (Å²) in [7, 11) is 1.69. The number of carbonyl (C=O) groups excluding carboxylic acids is 1. The highest BCUT2D eigenvalue weighted by Gasteiger charge is 2.30. The van der Waals surface area contributed by atoms with E-state index < -0.39 is 0 Å². The fourth-order valence-corrected chi connectivity index (χ4v) is 5.69. The number of carbonyl (C=O) groups is 1. The molecular weight excluding hydrogens is 420 g/mol. The van der Waals surface area contributed by atoms with Crippen LogP contribution in [-0.2, 0) is 6.42 Å². The standard InChI is InChI=1S/C25H30N4O2S/c1-16-21-17(2)26-23(19-6-7-19)27-24(21)32-22(16)25(30)29-14-12-28(13-15-29)11-10-18-4-8-20(31-3)9-5-18/h4-5,8-9,19H,6-7,10-15H2,1-3H3. The Balaban J connectivity index is 1.22. The topological polar surface area (TPSA) is 58.6 Å². The van der Waals surface area contributed by atoms with Gasteiger partial charge in [0.15, 0.2) is 0 Å². The Kier molecular flexibility index (Phi) is 5.86. The first-order valence-electron chi connectivity index (χ1n) is 11.5. The van der Waals surface area contributed by atoms with E-state index in [0.717, 1.165) is 77.1 Å². The zero-order chi connectivity index (χ0) is 22.2. The van der Waals surface area contributed by atoms with Gasteiger partial charge >= 0.3 is 0 Å². The fraction of sp³-hybridized carbons (Fsp3) is 0.480. The summed E-state index contributed by atoms with van der Waals surface area (Å²) in [6.45, 7) is 8.47. The van der Waals surface area contributed by atoms with Gasteiger partial charge in [0.2, 0.25) is 0 Å². The van der Waals surface area contributed by atoms with Crippen LogP contribution in [0.3, 0.4) is 0 Å². The van der Waals surface area contributed by atoms with Crippen molar-refractivity contribution in [2.75, 3.05) is 39.8 Å². The van der Waals surface area contributed by atoms with Crippen LogP contribution in [0.5, 0.6) is 5.75 Å². The molecule has 1 aromatic carbocycles. The molecule has 5 rings (SSSR count). The Morgan fingerprint density at radius 2 is 1.81 bits per heavy atom. The van der Waals surface area contributed by atoms with Gasteiger partial charge in [0.1, 0.15) is 16.4 Å². The highest BCUT2D eigenvalue weighted by Crippen LogP contribution is 2.40. The van der Waals surface area contributed by atoms with Gasteiger partial charge in [-0.3, -0.25) is 9.69 Å². The second kappa shape index (κ2) is 8.79. The van der Waals surface area contributed by atoms with Crippen molar-refractivity contribution in [3.8, 4) is 5.75 Å². The lowest BCUT2D eigenvalue weighted by atomic mass is 10.1. The van der Waals surface area contributed by atoms with Crippen LogP contribution in [0.1, 0.15) is 51.1 Å². The third-order valence-electron chi connectivity index (χ3n) is 6.66. The maximum atomic E-state index is 13.3. The van der Waals surface area contributed by atoms with Gasteiger partial charge in [0.05, 0.1) is 17.7 Å². The van der Waals surface area contributed by atoms with Gasteiger partial charge < -0.3 is 9.64 Å². The van der Waals surface area contributed by atoms with Crippen LogP contribution < -0.4 is 4.74 Å². The summed E-state index contributed by atoms with van der Waals surface area (Å²) >= 11 is 1.54. The number of thiophene rings is 1. The van der Waals surface area contributed by atoms with Crippen molar-refractivity contribution in [3.05, 3.63) is 51.8 Å². The van der Waals surface area contributed by atoms with E-state index in [1.54, 1.807) is 18.4 Å². The van der Waals surface area contributed by atoms with Crippen LogP contribution in [-0.4, -0.2) is 65.5 Å². The summed E-state index contributed by atoms with van der Waals surface area (Å²) in [4.78, 5) is 29.1. The predicted octanol–water partition coefficient (Wildman–Crippen LogP) is 4.19. The van der Waals surface area contributed by atoms with E-state index in [9.17, 15) is 4.79 Å². The number of hydrogen-bond donors (Lipinski definition) is 0. The number of nitrogens with zero attached hydrogens (tertiary/aromatic N) is 4. The first-order chi connectivity index (χ1) is 15.5. The molecule has 0 radical (unpaired) electrons. The van der Waals surface area contributed by atoms with E-state index in [1.165, 1.54) is 18.4 Å². The van der Waals surface area contributed by atoms with Crippen LogP contribution >= 0.6 is 11.3 Å². The molecule has 0 atom stereocenters. The summed E-state index contributed by atoms with van der Waals surface area (Å²) in [6.07, 6.45) is 3.38. The minimum absolute atomic E-state index is 0.146. The van der Waals surface area contributed by atoms with Gasteiger partial charge in [0, 0.05) is 44.0 Å². The zero-order valence-electron chi connectivity index (χ0n) is 19.1. The van der Waals surface area contributed by atoms with Gasteiger partial charge in [-0.2, -0.15) is 0 Å². The third-order valence-corrected chi connectivity index (χ3v) is 7.83. The average Bonchev–Trinajstić information content (AvgIpc) is 3.61. The molecule has 2 fully saturated rings. The summed E-state index contributed by atoms with van der Waals surface area (Å²) in [5.41, 5.74) is 3.36. The zero-order valence-corrected chi connectivity index (χ0v) is 19.9. The van der Waals surface area contributed by atoms with E-state index in [2.05, 4.69) is 17.0 Å². The molecule has 1 amide bonds. The van der Waals surface area contributed by atoms with Crippen LogP contribution in [0.25, 0.3) is 10.2 Å². The average molecular weight is 451 g/mol. The summed E-state index contributed by atoms with van der Waals surface area (Å²) in [6, 6.07) is 8.28. The number of piperazine rings is 1. The normalized spacial score (nSPS) is 17.2. The molecule has 3 heterocycles. The van der Waals surface area contributed by atoms with Gasteiger partial charge in [0.25, 0.3) is 5.91 Å². The summed E-state index contributed by atoms with van der Waals surface area (Å²) in [5.74, 6) is 2.52. The number of aryl methyl sites for hydroxylation is 2. The lowest BCUT2D eigenvalue weighted by Crippen LogP contribution is -2.49. The van der Waals surface area contributed by atoms with Crippen molar-refractivity contribution < 1.29 is 9.53 Å². The van der Waals surface area contributed by atoms with E-state index >= 15 is 0 Å². The SMILES string of the molecule is COc1ccc(CCN2CCN(C(=O)c3sc4nc(C5CC5)nc(C)c4c3C)CC2)cc1. The van der Waals surface area contributed by atoms with Crippen molar-refractivity contribution in [3.63, 3.8) is 0 Å². The molecule has 0 N–H and O–H groups in total. The van der Waals surface area contributed by atoms with Crippen molar-refractivity contribution in [2.45, 2.75) is 39.0 Å². The van der Waals surface area contributed by atoms with Crippen LogP contribution in [0.4, 0.5) is 0 Å². The van der Waals surface area contributed by atoms with Crippen LogP contribution in [0, 0.1) is 13.8 Å². The number of hydrogen-bond acceptors (Lipinski definition) is 6. The van der Waals surface area contributed by atoms with Crippen molar-refractivity contribution in [2.24, 2.45) is 0 Å². The molecule has 0 bridgehead atoms. The summed E-state index contributed by atoms with van der Waals surface area (Å²) < 4.78 is 5.23. The van der Waals surface area contributed by atoms with Gasteiger partial charge in [-0.05, 0) is 56.4 Å². The molecule has 168 valence electrons. The lowest BCUT2D eigenvalue weighted by Gasteiger charge is -2.34. The molecule has 1 aliphatic carbocycles. The highest BCUT2D eigenvalue weighted by molar-refractivity contribution is 7.20. The minimum atomic E-state index is 0.146. The van der Waals surface area contributed by atoms with Crippen molar-refractivity contribution in [1.29, 1.82) is 0 Å². The molecule has 1 saturated heterocycles. The van der Waals surface area contributed by atoms with Crippen molar-refractivity contribution >= 4 is 27.5 Å². The molecule has 0 unspecified atom stereocenters. The second-order valence-electron chi connectivity index (χ2n) is 8.91. The van der Waals surface area contributed by atoms with Gasteiger partial charge in [-0.15, -0.1) is 11.3 Å². The predicted molar refractivity (Wildman–Crippen MR) is 128 cm³/mol. The highest BCUT2D eigenvalue weighted by atomic mass is 32.1. The van der Waals surface area contributed by atoms with E-state index in [0.29, 0.717) is 5.92 Å². The fourth-order valence-electron chi connectivity index (χ4n) is 4.49. The van der Waals surface area contributed by atoms with E-state index in [1.807, 2.05) is 30.9 Å². The molecule has 6 nitrogen and oxygen atoms in total. The van der Waals surface area contributed by atoms with Crippen molar-refractivity contribution in [1.82, 2.24) is 19.8 Å². The maximum Gasteiger partial charge on any atom is 0.264 e. The number of aromatic nitrogens is 2. The van der Waals surface area contributed by atoms with E-state index in [-0.39, 0.29) is 5.91 Å². The Morgan fingerprint density at radius 3 is 2.47 bits per heavy atom. The maximum absolute atomic E-state index is 13.3. The molecule has 1 saturated carbocycles. The Hall–Kier alpha value is -2.51. The van der Waals surface area contributed by atoms with Crippen LogP contribution in [0.15, 0.2) is 24.3 Å². The van der Waals surface area contributed by atoms with E-state index in [4.69, 9.17) is 14.7 Å². The van der Waals surface area contributed by atoms with Gasteiger partial charge in [-0.25, -0.2) is 9.97 Å².